The van der Waals surface area contributed by atoms with Crippen molar-refractivity contribution in [3.05, 3.63) is 23.8 Å². The second-order valence-corrected chi connectivity index (χ2v) is 5.70. The van der Waals surface area contributed by atoms with E-state index in [0.29, 0.717) is 23.5 Å². The number of carbonyl (C=O) groups excluding carboxylic acids is 1. The topological polar surface area (TPSA) is 100 Å². The molecule has 22 heavy (non-hydrogen) atoms. The highest BCUT2D eigenvalue weighted by molar-refractivity contribution is 5.75. The lowest BCUT2D eigenvalue weighted by Gasteiger charge is -2.25. The number of rotatable bonds is 7. The second-order valence-electron chi connectivity index (χ2n) is 5.70. The molecular formula is C15H24N2O5. The minimum Gasteiger partial charge on any atom is -0.466 e. The van der Waals surface area contributed by atoms with Crippen molar-refractivity contribution in [1.29, 1.82) is 0 Å². The van der Waals surface area contributed by atoms with Gasteiger partial charge in [-0.1, -0.05) is 6.07 Å². The minimum absolute atomic E-state index is 0.102. The van der Waals surface area contributed by atoms with Gasteiger partial charge < -0.3 is 19.9 Å². The van der Waals surface area contributed by atoms with Crippen LogP contribution in [-0.4, -0.2) is 34.9 Å². The maximum Gasteiger partial charge on any atom is 0.310 e. The Morgan fingerprint density at radius 3 is 2.55 bits per heavy atom. The molecule has 0 bridgehead atoms. The Morgan fingerprint density at radius 1 is 1.32 bits per heavy atom. The van der Waals surface area contributed by atoms with Crippen LogP contribution in [0.5, 0.6) is 0 Å². The molecule has 0 radical (unpaired) electrons. The summed E-state index contributed by atoms with van der Waals surface area (Å²) < 4.78 is 10.2. The summed E-state index contributed by atoms with van der Waals surface area (Å²) in [6, 6.07) is 4.89. The third-order valence-electron chi connectivity index (χ3n) is 2.60. The predicted molar refractivity (Wildman–Crippen MR) is 82.7 cm³/mol. The van der Waals surface area contributed by atoms with Gasteiger partial charge in [-0.25, -0.2) is 0 Å². The number of esters is 1. The van der Waals surface area contributed by atoms with Crippen LogP contribution in [0.3, 0.4) is 0 Å². The Labute approximate surface area is 130 Å². The fourth-order valence-electron chi connectivity index (χ4n) is 1.79. The molecule has 0 heterocycles. The summed E-state index contributed by atoms with van der Waals surface area (Å²) in [6.07, 6.45) is -1.16. The van der Waals surface area contributed by atoms with Crippen LogP contribution in [0.2, 0.25) is 0 Å². The number of anilines is 2. The summed E-state index contributed by atoms with van der Waals surface area (Å²) in [6.45, 7) is 7.48. The zero-order valence-electron chi connectivity index (χ0n) is 13.3. The highest BCUT2D eigenvalue weighted by atomic mass is 16.6. The van der Waals surface area contributed by atoms with E-state index in [0.717, 1.165) is 0 Å². The molecule has 4 N–H and O–H groups in total. The van der Waals surface area contributed by atoms with E-state index in [9.17, 15) is 9.90 Å². The van der Waals surface area contributed by atoms with Gasteiger partial charge in [0.1, 0.15) is 0 Å². The van der Waals surface area contributed by atoms with Crippen molar-refractivity contribution in [2.45, 2.75) is 46.1 Å². The molecule has 0 saturated heterocycles. The van der Waals surface area contributed by atoms with Crippen LogP contribution in [-0.2, 0) is 20.7 Å². The molecule has 0 saturated carbocycles. The lowest BCUT2D eigenvalue weighted by molar-refractivity contribution is -0.148. The van der Waals surface area contributed by atoms with Gasteiger partial charge in [0.15, 0.2) is 0 Å². The monoisotopic (exact) mass is 312 g/mol. The number of aliphatic hydroxyl groups excluding tert-OH is 1. The predicted octanol–water partition coefficient (Wildman–Crippen LogP) is 2.10. The summed E-state index contributed by atoms with van der Waals surface area (Å²) >= 11 is 0. The third kappa shape index (κ3) is 6.30. The minimum atomic E-state index is -1.26. The Balaban J connectivity index is 2.84. The fourth-order valence-corrected chi connectivity index (χ4v) is 1.79. The van der Waals surface area contributed by atoms with Gasteiger partial charge in [-0.05, 0) is 45.4 Å². The van der Waals surface area contributed by atoms with Crippen molar-refractivity contribution < 1.29 is 24.6 Å². The lowest BCUT2D eigenvalue weighted by atomic mass is 10.1. The van der Waals surface area contributed by atoms with Gasteiger partial charge in [0, 0.05) is 0 Å². The molecule has 0 aliphatic heterocycles. The highest BCUT2D eigenvalue weighted by Gasteiger charge is 2.18. The van der Waals surface area contributed by atoms with Gasteiger partial charge in [0.05, 0.1) is 30.0 Å². The fraction of sp³-hybridized carbons (Fsp3) is 0.533. The molecule has 1 aromatic carbocycles. The van der Waals surface area contributed by atoms with Crippen molar-refractivity contribution >= 4 is 17.3 Å². The molecule has 0 fully saturated rings. The van der Waals surface area contributed by atoms with Gasteiger partial charge >= 0.3 is 5.97 Å². The highest BCUT2D eigenvalue weighted by Crippen LogP contribution is 2.24. The van der Waals surface area contributed by atoms with E-state index in [1.165, 1.54) is 0 Å². The average molecular weight is 312 g/mol. The van der Waals surface area contributed by atoms with E-state index in [2.05, 4.69) is 5.32 Å². The van der Waals surface area contributed by atoms with Gasteiger partial charge in [-0.2, -0.15) is 0 Å². The Kier molecular flexibility index (Phi) is 6.61. The lowest BCUT2D eigenvalue weighted by Crippen LogP contribution is -2.32. The zero-order valence-corrected chi connectivity index (χ0v) is 13.3. The summed E-state index contributed by atoms with van der Waals surface area (Å²) in [7, 11) is 0. The largest absolute Gasteiger partial charge is 0.466 e. The van der Waals surface area contributed by atoms with E-state index >= 15 is 0 Å². The molecule has 0 aliphatic rings. The number of nitrogens with one attached hydrogen (secondary N) is 2. The van der Waals surface area contributed by atoms with Crippen LogP contribution in [0, 0.1) is 0 Å². The first kappa shape index (κ1) is 18.2. The summed E-state index contributed by atoms with van der Waals surface area (Å²) in [5.74, 6) is -0.343. The van der Waals surface area contributed by atoms with E-state index in [1.54, 1.807) is 45.9 Å². The number of carbonyl (C=O) groups is 1. The van der Waals surface area contributed by atoms with Crippen LogP contribution in [0.25, 0.3) is 0 Å². The maximum absolute atomic E-state index is 11.5. The molecule has 0 aromatic heterocycles. The molecule has 1 aromatic rings. The van der Waals surface area contributed by atoms with Gasteiger partial charge in [0.25, 0.3) is 0 Å². The second kappa shape index (κ2) is 7.98. The van der Waals surface area contributed by atoms with Crippen molar-refractivity contribution in [3.8, 4) is 0 Å². The Hall–Kier alpha value is -1.83. The number of benzene rings is 1. The van der Waals surface area contributed by atoms with Crippen molar-refractivity contribution in [1.82, 2.24) is 0 Å². The van der Waals surface area contributed by atoms with Gasteiger partial charge in [-0.3, -0.25) is 15.5 Å². The third-order valence-corrected chi connectivity index (χ3v) is 2.60. The normalized spacial score (nSPS) is 12.6. The van der Waals surface area contributed by atoms with Crippen LogP contribution in [0.15, 0.2) is 18.2 Å². The van der Waals surface area contributed by atoms with Crippen molar-refractivity contribution in [3.63, 3.8) is 0 Å². The molecule has 7 nitrogen and oxygen atoms in total. The van der Waals surface area contributed by atoms with Gasteiger partial charge in [0.2, 0.25) is 6.41 Å². The maximum atomic E-state index is 11.5. The molecule has 0 amide bonds. The first-order valence-corrected chi connectivity index (χ1v) is 7.06. The van der Waals surface area contributed by atoms with Gasteiger partial charge in [-0.15, -0.1) is 0 Å². The smallest absolute Gasteiger partial charge is 0.310 e. The SMILES string of the molecule is CCOC(=O)Cc1ccc(NO)c(NC(O)OC(C)(C)C)c1. The van der Waals surface area contributed by atoms with Crippen molar-refractivity contribution in [2.75, 3.05) is 17.4 Å². The van der Waals surface area contributed by atoms with Crippen molar-refractivity contribution in [2.24, 2.45) is 0 Å². The quantitative estimate of drug-likeness (QED) is 0.347. The standard InChI is InChI=1S/C15H24N2O5/c1-5-21-13(18)9-10-6-7-11(17-20)12(8-10)16-14(19)22-15(2,3)4/h6-8,14,16-17,19-20H,5,9H2,1-4H3. The summed E-state index contributed by atoms with van der Waals surface area (Å²) in [5.41, 5.74) is 2.92. The molecular weight excluding hydrogens is 288 g/mol. The molecule has 7 heteroatoms. The summed E-state index contributed by atoms with van der Waals surface area (Å²) in [4.78, 5) is 11.5. The average Bonchev–Trinajstić information content (AvgIpc) is 2.37. The van der Waals surface area contributed by atoms with Crippen LogP contribution >= 0.6 is 0 Å². The number of hydrogen-bond acceptors (Lipinski definition) is 7. The van der Waals surface area contributed by atoms with Crippen LogP contribution < -0.4 is 10.8 Å². The molecule has 0 spiro atoms. The Morgan fingerprint density at radius 2 is 2.00 bits per heavy atom. The molecule has 1 rings (SSSR count). The molecule has 1 unspecified atom stereocenters. The number of aliphatic hydroxyl groups is 1. The zero-order chi connectivity index (χ0) is 16.8. The molecule has 1 atom stereocenters. The van der Waals surface area contributed by atoms with E-state index in [-0.39, 0.29) is 12.4 Å². The first-order valence-electron chi connectivity index (χ1n) is 7.06. The first-order chi connectivity index (χ1) is 10.2. The van der Waals surface area contributed by atoms with E-state index < -0.39 is 12.0 Å². The Bertz CT molecular complexity index is 499. The molecule has 0 aliphatic carbocycles. The summed E-state index contributed by atoms with van der Waals surface area (Å²) in [5, 5.41) is 21.7. The van der Waals surface area contributed by atoms with E-state index in [4.69, 9.17) is 14.7 Å². The van der Waals surface area contributed by atoms with Crippen LogP contribution in [0.4, 0.5) is 11.4 Å². The number of hydrogen-bond donors (Lipinski definition) is 4. The molecule has 124 valence electrons. The van der Waals surface area contributed by atoms with Crippen LogP contribution in [0.1, 0.15) is 33.3 Å². The number of ether oxygens (including phenoxy) is 2. The van der Waals surface area contributed by atoms with E-state index in [1.807, 2.05) is 5.48 Å².